The van der Waals surface area contributed by atoms with Gasteiger partial charge in [-0.15, -0.1) is 0 Å². The van der Waals surface area contributed by atoms with Crippen LogP contribution in [0.25, 0.3) is 11.5 Å². The number of nitrogens with zero attached hydrogens (tertiary/aromatic N) is 2. The van der Waals surface area contributed by atoms with Gasteiger partial charge in [-0.3, -0.25) is 0 Å². The number of anilines is 1. The van der Waals surface area contributed by atoms with Gasteiger partial charge in [-0.05, 0) is 12.1 Å². The average molecular weight is 261 g/mol. The number of alkyl halides is 3. The van der Waals surface area contributed by atoms with Crippen molar-refractivity contribution in [2.24, 2.45) is 0 Å². The van der Waals surface area contributed by atoms with E-state index < -0.39 is 24.2 Å². The van der Waals surface area contributed by atoms with E-state index in [2.05, 4.69) is 14.7 Å². The fourth-order valence-corrected chi connectivity index (χ4v) is 1.37. The van der Waals surface area contributed by atoms with Crippen molar-refractivity contribution >= 4 is 5.69 Å². The van der Waals surface area contributed by atoms with Crippen LogP contribution in [0.3, 0.4) is 0 Å². The normalized spacial score (nSPS) is 11.8. The molecule has 0 bridgehead atoms. The minimum atomic E-state index is -4.46. The topological polar surface area (TPSA) is 64.9 Å². The minimum absolute atomic E-state index is 0.0113. The maximum absolute atomic E-state index is 13.5. The third kappa shape index (κ3) is 2.58. The van der Waals surface area contributed by atoms with Crippen LogP contribution < -0.4 is 5.73 Å². The zero-order valence-corrected chi connectivity index (χ0v) is 8.83. The predicted octanol–water partition coefficient (Wildman–Crippen LogP) is 2.56. The molecular weight excluding hydrogens is 254 g/mol. The Kier molecular flexibility index (Phi) is 2.93. The van der Waals surface area contributed by atoms with E-state index in [9.17, 15) is 17.6 Å². The molecule has 0 unspecified atom stereocenters. The van der Waals surface area contributed by atoms with E-state index in [1.807, 2.05) is 0 Å². The van der Waals surface area contributed by atoms with Crippen molar-refractivity contribution in [2.45, 2.75) is 12.6 Å². The molecule has 18 heavy (non-hydrogen) atoms. The van der Waals surface area contributed by atoms with E-state index in [1.54, 1.807) is 0 Å². The molecule has 8 heteroatoms. The largest absolute Gasteiger partial charge is 0.398 e. The van der Waals surface area contributed by atoms with Gasteiger partial charge in [0.25, 0.3) is 5.89 Å². The van der Waals surface area contributed by atoms with Gasteiger partial charge in [-0.25, -0.2) is 4.39 Å². The van der Waals surface area contributed by atoms with Crippen LogP contribution in [0, 0.1) is 5.82 Å². The molecule has 1 aromatic carbocycles. The first-order valence-corrected chi connectivity index (χ1v) is 4.80. The van der Waals surface area contributed by atoms with Crippen LogP contribution in [0.5, 0.6) is 0 Å². The fourth-order valence-electron chi connectivity index (χ4n) is 1.37. The van der Waals surface area contributed by atoms with Gasteiger partial charge in [-0.1, -0.05) is 11.2 Å². The van der Waals surface area contributed by atoms with Crippen molar-refractivity contribution in [3.63, 3.8) is 0 Å². The SMILES string of the molecule is Nc1cccc(F)c1-c1nc(CC(F)(F)F)no1. The Morgan fingerprint density at radius 1 is 1.28 bits per heavy atom. The molecule has 2 aromatic rings. The monoisotopic (exact) mass is 261 g/mol. The lowest BCUT2D eigenvalue weighted by Crippen LogP contribution is -2.12. The summed E-state index contributed by atoms with van der Waals surface area (Å²) in [6.07, 6.45) is -5.80. The summed E-state index contributed by atoms with van der Waals surface area (Å²) >= 11 is 0. The molecule has 2 rings (SSSR count). The molecule has 0 aliphatic rings. The van der Waals surface area contributed by atoms with Gasteiger partial charge < -0.3 is 10.3 Å². The van der Waals surface area contributed by atoms with Gasteiger partial charge in [0, 0.05) is 5.69 Å². The zero-order valence-electron chi connectivity index (χ0n) is 8.83. The molecule has 0 aliphatic carbocycles. The first-order valence-electron chi connectivity index (χ1n) is 4.80. The molecular formula is C10H7F4N3O. The van der Waals surface area contributed by atoms with Gasteiger partial charge in [0.1, 0.15) is 12.2 Å². The lowest BCUT2D eigenvalue weighted by Gasteiger charge is -2.01. The Bertz CT molecular complexity index is 544. The van der Waals surface area contributed by atoms with E-state index in [-0.39, 0.29) is 17.1 Å². The highest BCUT2D eigenvalue weighted by Crippen LogP contribution is 2.28. The second-order valence-corrected chi connectivity index (χ2v) is 3.51. The molecule has 1 aromatic heterocycles. The maximum atomic E-state index is 13.5. The molecule has 0 saturated heterocycles. The summed E-state index contributed by atoms with van der Waals surface area (Å²) in [5.41, 5.74) is 5.32. The van der Waals surface area contributed by atoms with Crippen LogP contribution in [0.4, 0.5) is 23.2 Å². The quantitative estimate of drug-likeness (QED) is 0.666. The third-order valence-corrected chi connectivity index (χ3v) is 2.09. The summed E-state index contributed by atoms with van der Waals surface area (Å²) in [5, 5.41) is 3.13. The Morgan fingerprint density at radius 3 is 2.61 bits per heavy atom. The summed E-state index contributed by atoms with van der Waals surface area (Å²) < 4.78 is 54.3. The van der Waals surface area contributed by atoms with E-state index in [0.717, 1.165) is 6.07 Å². The average Bonchev–Trinajstić information content (AvgIpc) is 2.63. The molecule has 0 radical (unpaired) electrons. The fraction of sp³-hybridized carbons (Fsp3) is 0.200. The van der Waals surface area contributed by atoms with E-state index in [4.69, 9.17) is 5.73 Å². The van der Waals surface area contributed by atoms with Gasteiger partial charge in [0.05, 0.1) is 5.56 Å². The number of aromatic nitrogens is 2. The lowest BCUT2D eigenvalue weighted by molar-refractivity contribution is -0.128. The number of hydrogen-bond acceptors (Lipinski definition) is 4. The Balaban J connectivity index is 2.36. The predicted molar refractivity (Wildman–Crippen MR) is 53.9 cm³/mol. The summed E-state index contributed by atoms with van der Waals surface area (Å²) in [4.78, 5) is 3.47. The number of halogens is 4. The van der Waals surface area contributed by atoms with Crippen molar-refractivity contribution in [3.05, 3.63) is 29.8 Å². The van der Waals surface area contributed by atoms with Crippen LogP contribution in [0.1, 0.15) is 5.82 Å². The summed E-state index contributed by atoms with van der Waals surface area (Å²) in [5.74, 6) is -1.68. The molecule has 0 atom stereocenters. The molecule has 1 heterocycles. The highest BCUT2D eigenvalue weighted by Gasteiger charge is 2.31. The van der Waals surface area contributed by atoms with Crippen molar-refractivity contribution in [3.8, 4) is 11.5 Å². The highest BCUT2D eigenvalue weighted by atomic mass is 19.4. The van der Waals surface area contributed by atoms with Crippen molar-refractivity contribution in [1.82, 2.24) is 10.1 Å². The first-order chi connectivity index (χ1) is 8.37. The lowest BCUT2D eigenvalue weighted by atomic mass is 10.1. The Labute approximate surface area is 98.4 Å². The molecule has 2 N–H and O–H groups in total. The first kappa shape index (κ1) is 12.3. The minimum Gasteiger partial charge on any atom is -0.398 e. The molecule has 4 nitrogen and oxygen atoms in total. The van der Waals surface area contributed by atoms with Crippen LogP contribution in [0.15, 0.2) is 22.7 Å². The molecule has 0 spiro atoms. The molecule has 0 fully saturated rings. The molecule has 96 valence electrons. The molecule has 0 saturated carbocycles. The zero-order chi connectivity index (χ0) is 13.3. The summed E-state index contributed by atoms with van der Waals surface area (Å²) in [6, 6.07) is 3.84. The maximum Gasteiger partial charge on any atom is 0.396 e. The second-order valence-electron chi connectivity index (χ2n) is 3.51. The number of nitrogen functional groups attached to an aromatic ring is 1. The van der Waals surface area contributed by atoms with Gasteiger partial charge in [-0.2, -0.15) is 18.2 Å². The van der Waals surface area contributed by atoms with Crippen LogP contribution >= 0.6 is 0 Å². The molecule has 0 aliphatic heterocycles. The number of nitrogens with two attached hydrogens (primary N) is 1. The highest BCUT2D eigenvalue weighted by molar-refractivity contribution is 5.70. The standard InChI is InChI=1S/C10H7F4N3O/c11-5-2-1-3-6(15)8(5)9-16-7(17-18-9)4-10(12,13)14/h1-3H,4,15H2. The van der Waals surface area contributed by atoms with E-state index in [1.165, 1.54) is 12.1 Å². The van der Waals surface area contributed by atoms with Crippen molar-refractivity contribution in [1.29, 1.82) is 0 Å². The Morgan fingerprint density at radius 2 is 2.00 bits per heavy atom. The van der Waals surface area contributed by atoms with Crippen molar-refractivity contribution < 1.29 is 22.1 Å². The van der Waals surface area contributed by atoms with E-state index >= 15 is 0 Å². The van der Waals surface area contributed by atoms with Crippen LogP contribution in [-0.2, 0) is 6.42 Å². The number of hydrogen-bond donors (Lipinski definition) is 1. The van der Waals surface area contributed by atoms with Gasteiger partial charge >= 0.3 is 6.18 Å². The van der Waals surface area contributed by atoms with Crippen molar-refractivity contribution in [2.75, 3.05) is 5.73 Å². The van der Waals surface area contributed by atoms with Crippen LogP contribution in [-0.4, -0.2) is 16.3 Å². The van der Waals surface area contributed by atoms with Gasteiger partial charge in [0.15, 0.2) is 5.82 Å². The number of benzene rings is 1. The Hall–Kier alpha value is -2.12. The number of rotatable bonds is 2. The third-order valence-electron chi connectivity index (χ3n) is 2.09. The van der Waals surface area contributed by atoms with E-state index in [0.29, 0.717) is 0 Å². The summed E-state index contributed by atoms with van der Waals surface area (Å²) in [6.45, 7) is 0. The van der Waals surface area contributed by atoms with Gasteiger partial charge in [0.2, 0.25) is 0 Å². The second kappa shape index (κ2) is 4.28. The van der Waals surface area contributed by atoms with Crippen LogP contribution in [0.2, 0.25) is 0 Å². The molecule has 0 amide bonds. The summed E-state index contributed by atoms with van der Waals surface area (Å²) in [7, 11) is 0. The smallest absolute Gasteiger partial charge is 0.396 e.